The molecule has 0 aliphatic carbocycles. The maximum Gasteiger partial charge on any atom is 0.396 e. The van der Waals surface area contributed by atoms with Crippen LogP contribution in [0.4, 0.5) is 4.79 Å². The molecule has 0 unspecified atom stereocenters. The van der Waals surface area contributed by atoms with Gasteiger partial charge in [-0.2, -0.15) is 13.9 Å². The van der Waals surface area contributed by atoms with Crippen LogP contribution < -0.4 is 10.3 Å². The van der Waals surface area contributed by atoms with Crippen LogP contribution in [0.15, 0.2) is 30.3 Å². The molecule has 1 amide bonds. The second-order valence-corrected chi connectivity index (χ2v) is 3.60. The number of benzene rings is 1. The molecule has 6 nitrogen and oxygen atoms in total. The summed E-state index contributed by atoms with van der Waals surface area (Å²) in [5, 5.41) is -1.61. The largest absolute Gasteiger partial charge is 0.396 e. The van der Waals surface area contributed by atoms with Crippen molar-refractivity contribution in [2.45, 2.75) is 0 Å². The topological polar surface area (TPSA) is 92.7 Å². The fourth-order valence-corrected chi connectivity index (χ4v) is 0.789. The highest BCUT2D eigenvalue weighted by Crippen LogP contribution is 2.06. The van der Waals surface area contributed by atoms with Gasteiger partial charge in [0.15, 0.2) is 5.75 Å². The number of carbonyl (C=O) groups excluding carboxylic acids is 1. The van der Waals surface area contributed by atoms with Crippen molar-refractivity contribution in [3.8, 4) is 5.75 Å². The standard InChI is InChI=1S/C7H7NO5S/c9-7(14(10,11)12)8-13-6-4-2-1-3-5-6/h1-5H,(H,8,9)(H,10,11,12). The molecule has 14 heavy (non-hydrogen) atoms. The van der Waals surface area contributed by atoms with Crippen LogP contribution in [-0.2, 0) is 10.1 Å². The van der Waals surface area contributed by atoms with Crippen LogP contribution in [-0.4, -0.2) is 18.2 Å². The van der Waals surface area contributed by atoms with E-state index in [2.05, 4.69) is 4.84 Å². The Bertz CT molecular complexity index is 413. The zero-order valence-electron chi connectivity index (χ0n) is 6.88. The number of para-hydroxylation sites is 1. The number of hydroxylamine groups is 1. The molecule has 0 radical (unpaired) electrons. The molecule has 0 aromatic heterocycles. The maximum absolute atomic E-state index is 10.6. The molecule has 2 N–H and O–H groups in total. The fourth-order valence-electron chi connectivity index (χ4n) is 0.642. The average molecular weight is 217 g/mol. The molecular formula is C7H7NO5S. The second-order valence-electron chi connectivity index (χ2n) is 2.28. The van der Waals surface area contributed by atoms with Crippen molar-refractivity contribution in [2.75, 3.05) is 0 Å². The third-order valence-corrected chi connectivity index (χ3v) is 1.78. The zero-order chi connectivity index (χ0) is 10.6. The van der Waals surface area contributed by atoms with Crippen molar-refractivity contribution in [1.82, 2.24) is 5.48 Å². The molecule has 1 aromatic carbocycles. The van der Waals surface area contributed by atoms with Crippen molar-refractivity contribution in [2.24, 2.45) is 0 Å². The molecule has 0 fully saturated rings. The highest BCUT2D eigenvalue weighted by Gasteiger charge is 2.18. The van der Waals surface area contributed by atoms with Gasteiger partial charge in [-0.1, -0.05) is 18.2 Å². The predicted octanol–water partition coefficient (Wildman–Crippen LogP) is 0.578. The lowest BCUT2D eigenvalue weighted by atomic mass is 10.3. The summed E-state index contributed by atoms with van der Waals surface area (Å²) in [5.74, 6) is 0.254. The van der Waals surface area contributed by atoms with E-state index in [0.717, 1.165) is 0 Å². The van der Waals surface area contributed by atoms with Gasteiger partial charge in [-0.3, -0.25) is 9.35 Å². The fraction of sp³-hybridized carbons (Fsp3) is 0. The first kappa shape index (κ1) is 10.5. The molecule has 1 aromatic rings. The highest BCUT2D eigenvalue weighted by molar-refractivity contribution is 8.01. The first-order valence-electron chi connectivity index (χ1n) is 3.49. The number of hydrogen-bond acceptors (Lipinski definition) is 4. The van der Waals surface area contributed by atoms with Crippen LogP contribution in [0, 0.1) is 0 Å². The van der Waals surface area contributed by atoms with Crippen molar-refractivity contribution in [1.29, 1.82) is 0 Å². The van der Waals surface area contributed by atoms with Gasteiger partial charge in [0.1, 0.15) is 0 Å². The summed E-state index contributed by atoms with van der Waals surface area (Å²) in [7, 11) is -4.75. The minimum Gasteiger partial charge on any atom is -0.379 e. The predicted molar refractivity (Wildman–Crippen MR) is 47.2 cm³/mol. The van der Waals surface area contributed by atoms with Crippen molar-refractivity contribution < 1.29 is 22.6 Å². The first-order chi connectivity index (χ1) is 6.50. The lowest BCUT2D eigenvalue weighted by Crippen LogP contribution is -2.31. The lowest BCUT2D eigenvalue weighted by molar-refractivity contribution is 0.194. The van der Waals surface area contributed by atoms with E-state index in [-0.39, 0.29) is 5.75 Å². The number of rotatable bonds is 2. The average Bonchev–Trinajstić information content (AvgIpc) is 2.14. The monoisotopic (exact) mass is 217 g/mol. The van der Waals surface area contributed by atoms with E-state index in [1.165, 1.54) is 12.1 Å². The van der Waals surface area contributed by atoms with Crippen molar-refractivity contribution in [3.05, 3.63) is 30.3 Å². The Labute approximate surface area is 80.2 Å². The van der Waals surface area contributed by atoms with Crippen molar-refractivity contribution in [3.63, 3.8) is 0 Å². The summed E-state index contributed by atoms with van der Waals surface area (Å²) < 4.78 is 28.7. The van der Waals surface area contributed by atoms with Gasteiger partial charge in [0.25, 0.3) is 0 Å². The lowest BCUT2D eigenvalue weighted by Gasteiger charge is -2.03. The smallest absolute Gasteiger partial charge is 0.379 e. The van der Waals surface area contributed by atoms with E-state index in [9.17, 15) is 13.2 Å². The molecule has 0 aliphatic rings. The molecule has 0 aliphatic heterocycles. The van der Waals surface area contributed by atoms with Gasteiger partial charge in [-0.15, -0.1) is 0 Å². The van der Waals surface area contributed by atoms with Crippen LogP contribution in [0.5, 0.6) is 5.75 Å². The molecule has 0 atom stereocenters. The number of amides is 1. The van der Waals surface area contributed by atoms with E-state index < -0.39 is 15.4 Å². The Kier molecular flexibility index (Phi) is 3.05. The van der Waals surface area contributed by atoms with E-state index >= 15 is 0 Å². The number of hydrogen-bond donors (Lipinski definition) is 2. The molecule has 0 saturated carbocycles. The normalized spacial score (nSPS) is 10.6. The Morgan fingerprint density at radius 1 is 1.29 bits per heavy atom. The quantitative estimate of drug-likeness (QED) is 0.558. The van der Waals surface area contributed by atoms with Crippen LogP contribution >= 0.6 is 0 Å². The van der Waals surface area contributed by atoms with Crippen LogP contribution in [0.2, 0.25) is 0 Å². The second kappa shape index (κ2) is 4.07. The third-order valence-electron chi connectivity index (χ3n) is 1.23. The van der Waals surface area contributed by atoms with Gasteiger partial charge in [-0.25, -0.2) is 0 Å². The van der Waals surface area contributed by atoms with Gasteiger partial charge in [0, 0.05) is 0 Å². The first-order valence-corrected chi connectivity index (χ1v) is 4.93. The summed E-state index contributed by atoms with van der Waals surface area (Å²) in [5.41, 5.74) is 1.56. The molecule has 0 saturated heterocycles. The van der Waals surface area contributed by atoms with Gasteiger partial charge in [-0.05, 0) is 12.1 Å². The summed E-state index contributed by atoms with van der Waals surface area (Å²) in [6, 6.07) is 8.00. The SMILES string of the molecule is O=C(NOc1ccccc1)S(=O)(=O)O. The minimum absolute atomic E-state index is 0.254. The van der Waals surface area contributed by atoms with E-state index in [4.69, 9.17) is 4.55 Å². The Morgan fingerprint density at radius 3 is 2.36 bits per heavy atom. The van der Waals surface area contributed by atoms with Crippen LogP contribution in [0.25, 0.3) is 0 Å². The minimum atomic E-state index is -4.75. The third kappa shape index (κ3) is 3.04. The van der Waals surface area contributed by atoms with E-state index in [1.807, 2.05) is 0 Å². The van der Waals surface area contributed by atoms with Crippen LogP contribution in [0.1, 0.15) is 0 Å². The van der Waals surface area contributed by atoms with Crippen molar-refractivity contribution >= 4 is 15.4 Å². The molecule has 1 rings (SSSR count). The van der Waals surface area contributed by atoms with Crippen LogP contribution in [0.3, 0.4) is 0 Å². The number of nitrogens with one attached hydrogen (secondary N) is 1. The van der Waals surface area contributed by atoms with Gasteiger partial charge in [0.05, 0.1) is 0 Å². The zero-order valence-corrected chi connectivity index (χ0v) is 7.69. The maximum atomic E-state index is 10.6. The number of carbonyl (C=O) groups is 1. The molecule has 0 spiro atoms. The van der Waals surface area contributed by atoms with Gasteiger partial charge >= 0.3 is 15.4 Å². The Hall–Kier alpha value is -1.60. The summed E-state index contributed by atoms with van der Waals surface area (Å²) in [6.45, 7) is 0. The molecule has 7 heteroatoms. The molecule has 0 heterocycles. The molecule has 0 bridgehead atoms. The van der Waals surface area contributed by atoms with E-state index in [0.29, 0.717) is 0 Å². The summed E-state index contributed by atoms with van der Waals surface area (Å²) >= 11 is 0. The molecule has 76 valence electrons. The van der Waals surface area contributed by atoms with E-state index in [1.54, 1.807) is 23.7 Å². The Balaban J connectivity index is 2.55. The van der Waals surface area contributed by atoms with Gasteiger partial charge in [0.2, 0.25) is 0 Å². The summed E-state index contributed by atoms with van der Waals surface area (Å²) in [4.78, 5) is 15.1. The Morgan fingerprint density at radius 2 is 1.86 bits per heavy atom. The highest BCUT2D eigenvalue weighted by atomic mass is 32.2. The summed E-state index contributed by atoms with van der Waals surface area (Å²) in [6.07, 6.45) is 0. The van der Waals surface area contributed by atoms with Gasteiger partial charge < -0.3 is 4.84 Å². The molecular weight excluding hydrogens is 210 g/mol.